The Bertz CT molecular complexity index is 982. The van der Waals surface area contributed by atoms with Crippen LogP contribution >= 0.6 is 0 Å². The SMILES string of the molecule is CC(=O)N1N=C(c2cn(C)c3ccccc23)CC1c1ccc(C)cc1. The molecule has 0 aliphatic carbocycles. The minimum atomic E-state index is -0.0351. The highest BCUT2D eigenvalue weighted by molar-refractivity contribution is 6.12. The highest BCUT2D eigenvalue weighted by atomic mass is 16.2. The van der Waals surface area contributed by atoms with Crippen molar-refractivity contribution in [2.24, 2.45) is 12.1 Å². The van der Waals surface area contributed by atoms with Crippen LogP contribution in [0.15, 0.2) is 59.8 Å². The van der Waals surface area contributed by atoms with Gasteiger partial charge in [-0.15, -0.1) is 0 Å². The number of benzene rings is 2. The lowest BCUT2D eigenvalue weighted by Gasteiger charge is -2.20. The summed E-state index contributed by atoms with van der Waals surface area (Å²) in [5.41, 5.74) is 5.59. The number of aromatic nitrogens is 1. The Kier molecular flexibility index (Phi) is 3.68. The van der Waals surface area contributed by atoms with E-state index in [1.807, 2.05) is 19.2 Å². The molecule has 0 fully saturated rings. The van der Waals surface area contributed by atoms with E-state index in [0.717, 1.165) is 23.3 Å². The van der Waals surface area contributed by atoms with Gasteiger partial charge in [-0.3, -0.25) is 4.79 Å². The maximum absolute atomic E-state index is 12.2. The summed E-state index contributed by atoms with van der Waals surface area (Å²) in [7, 11) is 2.04. The monoisotopic (exact) mass is 331 g/mol. The smallest absolute Gasteiger partial charge is 0.240 e. The predicted molar refractivity (Wildman–Crippen MR) is 101 cm³/mol. The van der Waals surface area contributed by atoms with Gasteiger partial charge in [-0.05, 0) is 18.6 Å². The number of nitrogens with zero attached hydrogens (tertiary/aromatic N) is 3. The van der Waals surface area contributed by atoms with Crippen molar-refractivity contribution in [1.29, 1.82) is 0 Å². The van der Waals surface area contributed by atoms with Crippen LogP contribution in [-0.2, 0) is 11.8 Å². The highest BCUT2D eigenvalue weighted by Crippen LogP contribution is 2.35. The molecule has 0 saturated carbocycles. The van der Waals surface area contributed by atoms with Crippen LogP contribution in [0.1, 0.15) is 36.1 Å². The van der Waals surface area contributed by atoms with Crippen LogP contribution in [0.3, 0.4) is 0 Å². The Morgan fingerprint density at radius 1 is 1.12 bits per heavy atom. The fourth-order valence-corrected chi connectivity index (χ4v) is 3.58. The van der Waals surface area contributed by atoms with E-state index in [1.165, 1.54) is 16.5 Å². The van der Waals surface area contributed by atoms with Gasteiger partial charge in [0.1, 0.15) is 0 Å². The number of hydrazone groups is 1. The molecule has 126 valence electrons. The maximum Gasteiger partial charge on any atom is 0.240 e. The van der Waals surface area contributed by atoms with Crippen molar-refractivity contribution >= 4 is 22.5 Å². The van der Waals surface area contributed by atoms with E-state index in [-0.39, 0.29) is 11.9 Å². The molecule has 0 radical (unpaired) electrons. The Balaban J connectivity index is 1.77. The van der Waals surface area contributed by atoms with E-state index < -0.39 is 0 Å². The number of hydrogen-bond donors (Lipinski definition) is 0. The summed E-state index contributed by atoms with van der Waals surface area (Å²) < 4.78 is 2.12. The molecule has 2 aromatic carbocycles. The summed E-state index contributed by atoms with van der Waals surface area (Å²) >= 11 is 0. The first kappa shape index (κ1) is 15.6. The van der Waals surface area contributed by atoms with Crippen LogP contribution in [0.5, 0.6) is 0 Å². The zero-order chi connectivity index (χ0) is 17.6. The maximum atomic E-state index is 12.2. The standard InChI is InChI=1S/C21H21N3O/c1-14-8-10-16(11-9-14)21-12-19(22-24(21)15(2)25)18-13-23(3)20-7-5-4-6-17(18)20/h4-11,13,21H,12H2,1-3H3. The molecule has 0 saturated heterocycles. The molecule has 0 spiro atoms. The number of aryl methyl sites for hydroxylation is 2. The first-order valence-corrected chi connectivity index (χ1v) is 8.53. The zero-order valence-corrected chi connectivity index (χ0v) is 14.7. The highest BCUT2D eigenvalue weighted by Gasteiger charge is 2.32. The molecule has 4 nitrogen and oxygen atoms in total. The average molecular weight is 331 g/mol. The van der Waals surface area contributed by atoms with Gasteiger partial charge in [-0.25, -0.2) is 5.01 Å². The van der Waals surface area contributed by atoms with Crippen LogP contribution in [0.2, 0.25) is 0 Å². The first-order valence-electron chi connectivity index (χ1n) is 8.53. The topological polar surface area (TPSA) is 37.6 Å². The molecule has 1 aliphatic heterocycles. The molecule has 1 amide bonds. The molecule has 2 heterocycles. The third-order valence-electron chi connectivity index (χ3n) is 4.90. The summed E-state index contributed by atoms with van der Waals surface area (Å²) in [5.74, 6) is -0.0270. The number of para-hydroxylation sites is 1. The van der Waals surface area contributed by atoms with Gasteiger partial charge in [0.05, 0.1) is 11.8 Å². The van der Waals surface area contributed by atoms with Crippen molar-refractivity contribution in [3.05, 3.63) is 71.4 Å². The zero-order valence-electron chi connectivity index (χ0n) is 14.7. The van der Waals surface area contributed by atoms with Crippen LogP contribution in [0.4, 0.5) is 0 Å². The summed E-state index contributed by atoms with van der Waals surface area (Å²) in [4.78, 5) is 12.2. The van der Waals surface area contributed by atoms with E-state index in [2.05, 4.69) is 59.2 Å². The number of fused-ring (bicyclic) bond motifs is 1. The van der Waals surface area contributed by atoms with Gasteiger partial charge in [0.25, 0.3) is 0 Å². The lowest BCUT2D eigenvalue weighted by atomic mass is 9.97. The predicted octanol–water partition coefficient (Wildman–Crippen LogP) is 4.18. The van der Waals surface area contributed by atoms with Crippen molar-refractivity contribution in [2.45, 2.75) is 26.3 Å². The molecular formula is C21H21N3O. The van der Waals surface area contributed by atoms with E-state index >= 15 is 0 Å². The first-order chi connectivity index (χ1) is 12.0. The van der Waals surface area contributed by atoms with Crippen molar-refractivity contribution in [1.82, 2.24) is 9.58 Å². The van der Waals surface area contributed by atoms with Gasteiger partial charge >= 0.3 is 0 Å². The minimum Gasteiger partial charge on any atom is -0.350 e. The Hall–Kier alpha value is -2.88. The van der Waals surface area contributed by atoms with Crippen LogP contribution in [0.25, 0.3) is 10.9 Å². The fraction of sp³-hybridized carbons (Fsp3) is 0.238. The number of carbonyl (C=O) groups is 1. The quantitative estimate of drug-likeness (QED) is 0.694. The summed E-state index contributed by atoms with van der Waals surface area (Å²) in [5, 5.41) is 7.49. The van der Waals surface area contributed by atoms with Crippen molar-refractivity contribution in [3.63, 3.8) is 0 Å². The second-order valence-electron chi connectivity index (χ2n) is 6.71. The molecular weight excluding hydrogens is 310 g/mol. The minimum absolute atomic E-state index is 0.0270. The number of rotatable bonds is 2. The lowest BCUT2D eigenvalue weighted by molar-refractivity contribution is -0.130. The molecule has 25 heavy (non-hydrogen) atoms. The average Bonchev–Trinajstić information content (AvgIpc) is 3.18. The Morgan fingerprint density at radius 3 is 2.56 bits per heavy atom. The molecule has 3 aromatic rings. The van der Waals surface area contributed by atoms with E-state index in [9.17, 15) is 4.79 Å². The Labute approximate surface area is 147 Å². The molecule has 0 N–H and O–H groups in total. The second kappa shape index (κ2) is 5.88. The van der Waals surface area contributed by atoms with Crippen molar-refractivity contribution in [2.75, 3.05) is 0 Å². The summed E-state index contributed by atoms with van der Waals surface area (Å²) in [6.45, 7) is 3.65. The number of amides is 1. The normalized spacial score (nSPS) is 17.2. The molecule has 1 aliphatic rings. The lowest BCUT2D eigenvalue weighted by Crippen LogP contribution is -2.24. The summed E-state index contributed by atoms with van der Waals surface area (Å²) in [6.07, 6.45) is 2.84. The molecule has 0 bridgehead atoms. The second-order valence-corrected chi connectivity index (χ2v) is 6.71. The van der Waals surface area contributed by atoms with Crippen LogP contribution in [-0.4, -0.2) is 21.2 Å². The Morgan fingerprint density at radius 2 is 1.84 bits per heavy atom. The van der Waals surface area contributed by atoms with Gasteiger partial charge in [0.2, 0.25) is 5.91 Å². The molecule has 1 atom stereocenters. The van der Waals surface area contributed by atoms with Gasteiger partial charge in [-0.2, -0.15) is 5.10 Å². The van der Waals surface area contributed by atoms with Gasteiger partial charge < -0.3 is 4.57 Å². The summed E-state index contributed by atoms with van der Waals surface area (Å²) in [6, 6.07) is 16.6. The molecule has 4 rings (SSSR count). The van der Waals surface area contributed by atoms with E-state index in [4.69, 9.17) is 0 Å². The van der Waals surface area contributed by atoms with Crippen LogP contribution in [0, 0.1) is 6.92 Å². The largest absolute Gasteiger partial charge is 0.350 e. The van der Waals surface area contributed by atoms with E-state index in [1.54, 1.807) is 11.9 Å². The third kappa shape index (κ3) is 2.64. The van der Waals surface area contributed by atoms with Gasteiger partial charge in [0, 0.05) is 43.1 Å². The fourth-order valence-electron chi connectivity index (χ4n) is 3.58. The van der Waals surface area contributed by atoms with Crippen LogP contribution < -0.4 is 0 Å². The van der Waals surface area contributed by atoms with Crippen molar-refractivity contribution in [3.8, 4) is 0 Å². The molecule has 1 aromatic heterocycles. The number of hydrogen-bond acceptors (Lipinski definition) is 2. The molecule has 1 unspecified atom stereocenters. The van der Waals surface area contributed by atoms with Crippen molar-refractivity contribution < 1.29 is 4.79 Å². The van der Waals surface area contributed by atoms with Gasteiger partial charge in [0.15, 0.2) is 0 Å². The third-order valence-corrected chi connectivity index (χ3v) is 4.90. The number of carbonyl (C=O) groups excluding carboxylic acids is 1. The van der Waals surface area contributed by atoms with E-state index in [0.29, 0.717) is 0 Å². The molecule has 4 heteroatoms. The van der Waals surface area contributed by atoms with Gasteiger partial charge in [-0.1, -0.05) is 48.0 Å².